The summed E-state index contributed by atoms with van der Waals surface area (Å²) < 4.78 is 25.8. The van der Waals surface area contributed by atoms with E-state index in [-0.39, 0.29) is 78.6 Å². The second-order valence-corrected chi connectivity index (χ2v) is 15.1. The van der Waals surface area contributed by atoms with E-state index in [0.29, 0.717) is 12.8 Å². The summed E-state index contributed by atoms with van der Waals surface area (Å²) in [5, 5.41) is 0. The quantitative estimate of drug-likeness (QED) is 0.0381. The summed E-state index contributed by atoms with van der Waals surface area (Å²) in [6.45, 7) is 3.52. The predicted molar refractivity (Wildman–Crippen MR) is 193 cm³/mol. The van der Waals surface area contributed by atoms with Gasteiger partial charge in [0.1, 0.15) is 6.61 Å². The average molecular weight is 749 g/mol. The van der Waals surface area contributed by atoms with Crippen LogP contribution in [0.2, 0.25) is 0 Å². The molecular weight excluding hydrogens is 673 g/mol. The summed E-state index contributed by atoms with van der Waals surface area (Å²) in [5.41, 5.74) is 0. The van der Waals surface area contributed by atoms with Crippen LogP contribution in [0.15, 0.2) is 0 Å². The normalized spacial score (nSPS) is 11.8. The van der Waals surface area contributed by atoms with Crippen LogP contribution in [-0.4, -0.2) is 31.3 Å². The average Bonchev–Trinajstić information content (AvgIpc) is 3.05. The van der Waals surface area contributed by atoms with E-state index in [9.17, 15) is 23.9 Å². The third-order valence-corrected chi connectivity index (χ3v) is 9.58. The second kappa shape index (κ2) is 42.8. The third-order valence-electron chi connectivity index (χ3n) is 9.12. The Morgan fingerprint density at radius 3 is 1.04 bits per heavy atom. The molecule has 0 aliphatic heterocycles. The molecule has 0 aromatic heterocycles. The molecular formula is C39H75Na2O8P. The van der Waals surface area contributed by atoms with Gasteiger partial charge in [-0.2, -0.15) is 0 Å². The Kier molecular flexibility index (Phi) is 47.4. The van der Waals surface area contributed by atoms with Crippen LogP contribution < -0.4 is 68.9 Å². The molecule has 0 aromatic carbocycles. The number of phosphoric ester groups is 1. The van der Waals surface area contributed by atoms with Gasteiger partial charge in [-0.25, -0.2) is 0 Å². The molecule has 0 saturated heterocycles. The smallest absolute Gasteiger partial charge is 0.790 e. The van der Waals surface area contributed by atoms with Crippen LogP contribution in [0.5, 0.6) is 0 Å². The van der Waals surface area contributed by atoms with Crippen molar-refractivity contribution in [2.45, 2.75) is 225 Å². The van der Waals surface area contributed by atoms with Gasteiger partial charge in [0, 0.05) is 12.8 Å². The molecule has 0 fully saturated rings. The maximum absolute atomic E-state index is 12.3. The Labute approximate surface area is 352 Å². The summed E-state index contributed by atoms with van der Waals surface area (Å²) in [7, 11) is -5.24. The van der Waals surface area contributed by atoms with Crippen LogP contribution in [0.1, 0.15) is 219 Å². The minimum absolute atomic E-state index is 0. The van der Waals surface area contributed by atoms with E-state index in [0.717, 1.165) is 32.1 Å². The summed E-state index contributed by atoms with van der Waals surface area (Å²) in [5.74, 6) is -0.941. The summed E-state index contributed by atoms with van der Waals surface area (Å²) in [6, 6.07) is 0. The van der Waals surface area contributed by atoms with Crippen molar-refractivity contribution in [2.24, 2.45) is 0 Å². The number of esters is 2. The van der Waals surface area contributed by atoms with E-state index in [1.54, 1.807) is 0 Å². The van der Waals surface area contributed by atoms with Crippen molar-refractivity contribution in [1.29, 1.82) is 0 Å². The van der Waals surface area contributed by atoms with Crippen LogP contribution in [0.25, 0.3) is 0 Å². The van der Waals surface area contributed by atoms with Crippen molar-refractivity contribution in [2.75, 3.05) is 13.2 Å². The molecule has 0 aliphatic carbocycles. The van der Waals surface area contributed by atoms with Gasteiger partial charge in [0.05, 0.1) is 14.4 Å². The molecule has 0 aromatic rings. The number of phosphoric acid groups is 1. The van der Waals surface area contributed by atoms with E-state index in [1.807, 2.05) is 0 Å². The van der Waals surface area contributed by atoms with E-state index in [2.05, 4.69) is 18.4 Å². The fourth-order valence-corrected chi connectivity index (χ4v) is 6.42. The Balaban J connectivity index is -0.0000110. The summed E-state index contributed by atoms with van der Waals surface area (Å²) in [4.78, 5) is 46.5. The summed E-state index contributed by atoms with van der Waals surface area (Å²) in [6.07, 6.45) is 36.3. The van der Waals surface area contributed by atoms with Gasteiger partial charge in [0.15, 0.2) is 6.10 Å². The number of carbonyl (C=O) groups is 2. The minimum atomic E-state index is -5.24. The molecule has 0 aliphatic rings. The molecule has 0 heterocycles. The molecule has 1 atom stereocenters. The monoisotopic (exact) mass is 748 g/mol. The van der Waals surface area contributed by atoms with Crippen molar-refractivity contribution in [1.82, 2.24) is 0 Å². The molecule has 286 valence electrons. The van der Waals surface area contributed by atoms with Crippen molar-refractivity contribution in [3.8, 4) is 0 Å². The van der Waals surface area contributed by atoms with E-state index in [4.69, 9.17) is 9.47 Å². The first-order valence-corrected chi connectivity index (χ1v) is 21.8. The Morgan fingerprint density at radius 1 is 0.460 bits per heavy atom. The largest absolute Gasteiger partial charge is 1.00 e. The van der Waals surface area contributed by atoms with Gasteiger partial charge in [-0.3, -0.25) is 9.59 Å². The zero-order valence-electron chi connectivity index (χ0n) is 33.3. The first kappa shape index (κ1) is 55.4. The number of hydrogen-bond donors (Lipinski definition) is 0. The number of carbonyl (C=O) groups excluding carboxylic acids is 2. The summed E-state index contributed by atoms with van der Waals surface area (Å²) >= 11 is 0. The minimum Gasteiger partial charge on any atom is -0.790 e. The fraction of sp³-hybridized carbons (Fsp3) is 0.949. The maximum atomic E-state index is 12.3. The predicted octanol–water partition coefficient (Wildman–Crippen LogP) is 4.82. The molecule has 0 rings (SSSR count). The Morgan fingerprint density at radius 2 is 0.740 bits per heavy atom. The van der Waals surface area contributed by atoms with Gasteiger partial charge in [-0.15, -0.1) is 0 Å². The SMILES string of the molecule is CCCCCCCCCCCCCCCCCC(=O)OC[C@@H](COP(=O)([O-])[O-])OC(=O)CCCCCCCCCCCCCCCCC.[Na+].[Na+]. The van der Waals surface area contributed by atoms with E-state index < -0.39 is 32.5 Å². The molecule has 0 amide bonds. The number of hydrogen-bond acceptors (Lipinski definition) is 8. The molecule has 0 N–H and O–H groups in total. The molecule has 0 radical (unpaired) electrons. The molecule has 11 heteroatoms. The van der Waals surface area contributed by atoms with E-state index in [1.165, 1.54) is 148 Å². The molecule has 50 heavy (non-hydrogen) atoms. The maximum Gasteiger partial charge on any atom is 1.00 e. The number of ether oxygens (including phenoxy) is 2. The van der Waals surface area contributed by atoms with Gasteiger partial charge < -0.3 is 28.3 Å². The Bertz CT molecular complexity index is 768. The van der Waals surface area contributed by atoms with Gasteiger partial charge in [0.2, 0.25) is 0 Å². The van der Waals surface area contributed by atoms with E-state index >= 15 is 0 Å². The fourth-order valence-electron chi connectivity index (χ4n) is 6.07. The van der Waals surface area contributed by atoms with Crippen molar-refractivity contribution < 1.29 is 97.1 Å². The number of unbranched alkanes of at least 4 members (excludes halogenated alkanes) is 28. The van der Waals surface area contributed by atoms with Crippen LogP contribution >= 0.6 is 7.82 Å². The molecule has 0 unspecified atom stereocenters. The molecule has 0 saturated carbocycles. The second-order valence-electron chi connectivity index (χ2n) is 13.9. The molecule has 0 spiro atoms. The van der Waals surface area contributed by atoms with Crippen LogP contribution in [-0.2, 0) is 28.2 Å². The van der Waals surface area contributed by atoms with Crippen molar-refractivity contribution >= 4 is 19.8 Å². The Hall–Kier alpha value is 1.05. The van der Waals surface area contributed by atoms with Crippen LogP contribution in [0.3, 0.4) is 0 Å². The first-order chi connectivity index (χ1) is 23.3. The van der Waals surface area contributed by atoms with Crippen LogP contribution in [0, 0.1) is 0 Å². The number of rotatable bonds is 38. The van der Waals surface area contributed by atoms with Crippen molar-refractivity contribution in [3.05, 3.63) is 0 Å². The standard InChI is InChI=1S/C39H77O8P.2Na/c1-3-5-7-9-11-13-15-17-19-21-23-25-27-29-31-33-38(40)45-35-37(36-46-48(42,43)44)47-39(41)34-32-30-28-26-24-22-20-18-16-14-12-10-8-6-4-2;;/h37H,3-36H2,1-2H3,(H2,42,43,44);;/q;2*+1/p-2/t37-;;/m0../s1. The van der Waals surface area contributed by atoms with Gasteiger partial charge in [-0.1, -0.05) is 194 Å². The van der Waals surface area contributed by atoms with Gasteiger partial charge in [0.25, 0.3) is 0 Å². The van der Waals surface area contributed by atoms with Crippen LogP contribution in [0.4, 0.5) is 0 Å². The zero-order valence-corrected chi connectivity index (χ0v) is 38.2. The van der Waals surface area contributed by atoms with Crippen molar-refractivity contribution in [3.63, 3.8) is 0 Å². The van der Waals surface area contributed by atoms with Gasteiger partial charge in [-0.05, 0) is 12.8 Å². The topological polar surface area (TPSA) is 125 Å². The third kappa shape index (κ3) is 45.2. The zero-order chi connectivity index (χ0) is 35.4. The molecule has 0 bridgehead atoms. The molecule has 8 nitrogen and oxygen atoms in total. The first-order valence-electron chi connectivity index (χ1n) is 20.3. The van der Waals surface area contributed by atoms with Gasteiger partial charge >= 0.3 is 71.1 Å².